The van der Waals surface area contributed by atoms with Gasteiger partial charge in [-0.25, -0.2) is 8.42 Å². The summed E-state index contributed by atoms with van der Waals surface area (Å²) >= 11 is 0. The molecule has 0 bridgehead atoms. The van der Waals surface area contributed by atoms with E-state index >= 15 is 0 Å². The summed E-state index contributed by atoms with van der Waals surface area (Å²) in [4.78, 5) is 0. The Morgan fingerprint density at radius 1 is 0.929 bits per heavy atom. The van der Waals surface area contributed by atoms with E-state index in [1.807, 2.05) is 0 Å². The first-order valence-corrected chi connectivity index (χ1v) is 8.89. The zero-order chi connectivity index (χ0) is 11.2. The van der Waals surface area contributed by atoms with Crippen LogP contribution in [0.3, 0.4) is 0 Å². The van der Waals surface area contributed by atoms with Gasteiger partial charge in [0.05, 0.1) is 0 Å². The van der Waals surface area contributed by atoms with Gasteiger partial charge in [-0.1, -0.05) is 0 Å². The predicted octanol–water partition coefficient (Wildman–Crippen LogP) is 0.576. The van der Waals surface area contributed by atoms with Crippen LogP contribution in [-0.4, -0.2) is 42.4 Å². The highest BCUT2D eigenvalue weighted by atomic mass is 32.4. The van der Waals surface area contributed by atoms with Crippen LogP contribution in [0.4, 0.5) is 0 Å². The monoisotopic (exact) mass is 242 g/mol. The Bertz CT molecular complexity index is 234. The van der Waals surface area contributed by atoms with Crippen molar-refractivity contribution >= 4 is 17.2 Å². The molecule has 0 atom stereocenters. The maximum Gasteiger partial charge on any atom is 0.634 e. The van der Waals surface area contributed by atoms with Crippen LogP contribution in [0.5, 0.6) is 0 Å². The minimum Gasteiger partial charge on any atom is -0.363 e. The first kappa shape index (κ1) is 14.0. The molecule has 0 spiro atoms. The molecule has 0 fully saturated rings. The van der Waals surface area contributed by atoms with Gasteiger partial charge in [0.15, 0.2) is 0 Å². The standard InChI is InChI=1S/C7H18O5SSi/c1-5-10-14(11-6-2,12-7-3)13(4,8)9/h5-7H2,1-4H3. The van der Waals surface area contributed by atoms with E-state index < -0.39 is 17.2 Å². The molecule has 0 rings (SSSR count). The van der Waals surface area contributed by atoms with Crippen LogP contribution in [0.15, 0.2) is 0 Å². The molecule has 0 aromatic rings. The highest BCUT2D eigenvalue weighted by Crippen LogP contribution is 2.16. The third kappa shape index (κ3) is 3.32. The predicted molar refractivity (Wildman–Crippen MR) is 55.5 cm³/mol. The van der Waals surface area contributed by atoms with E-state index in [0.717, 1.165) is 6.26 Å². The minimum atomic E-state index is -3.52. The second-order valence-electron chi connectivity index (χ2n) is 2.57. The van der Waals surface area contributed by atoms with Gasteiger partial charge in [-0.2, -0.15) is 0 Å². The van der Waals surface area contributed by atoms with E-state index in [-0.39, 0.29) is 19.8 Å². The Kier molecular flexibility index (Phi) is 5.83. The van der Waals surface area contributed by atoms with E-state index in [2.05, 4.69) is 0 Å². The highest BCUT2D eigenvalue weighted by molar-refractivity contribution is 8.19. The van der Waals surface area contributed by atoms with E-state index in [9.17, 15) is 8.42 Å². The summed E-state index contributed by atoms with van der Waals surface area (Å²) < 4.78 is 38.6. The van der Waals surface area contributed by atoms with Crippen LogP contribution in [0.1, 0.15) is 20.8 Å². The molecule has 0 heterocycles. The molecule has 0 radical (unpaired) electrons. The van der Waals surface area contributed by atoms with Gasteiger partial charge in [0.2, 0.25) is 9.29 Å². The van der Waals surface area contributed by atoms with Crippen molar-refractivity contribution in [3.05, 3.63) is 0 Å². The molecule has 14 heavy (non-hydrogen) atoms. The fraction of sp³-hybridized carbons (Fsp3) is 1.00. The maximum atomic E-state index is 11.5. The third-order valence-electron chi connectivity index (χ3n) is 1.42. The van der Waals surface area contributed by atoms with Gasteiger partial charge in [0, 0.05) is 26.1 Å². The van der Waals surface area contributed by atoms with Gasteiger partial charge in [-0.05, 0) is 20.8 Å². The lowest BCUT2D eigenvalue weighted by Gasteiger charge is -2.25. The van der Waals surface area contributed by atoms with Gasteiger partial charge in [-0.3, -0.25) is 0 Å². The molecule has 0 aromatic carbocycles. The lowest BCUT2D eigenvalue weighted by atomic mass is 10.9. The molecule has 0 amide bonds. The Morgan fingerprint density at radius 3 is 1.36 bits per heavy atom. The first-order chi connectivity index (χ1) is 6.43. The van der Waals surface area contributed by atoms with Crippen molar-refractivity contribution in [2.24, 2.45) is 0 Å². The quantitative estimate of drug-likeness (QED) is 0.611. The summed E-state index contributed by atoms with van der Waals surface area (Å²) in [5, 5.41) is 0. The van der Waals surface area contributed by atoms with Crippen molar-refractivity contribution in [3.63, 3.8) is 0 Å². The molecule has 0 aliphatic rings. The lowest BCUT2D eigenvalue weighted by molar-refractivity contribution is 0.0933. The summed E-state index contributed by atoms with van der Waals surface area (Å²) in [5.74, 6) is 0. The van der Waals surface area contributed by atoms with E-state index in [1.54, 1.807) is 20.8 Å². The van der Waals surface area contributed by atoms with Crippen molar-refractivity contribution in [3.8, 4) is 0 Å². The van der Waals surface area contributed by atoms with Crippen LogP contribution in [0.2, 0.25) is 0 Å². The van der Waals surface area contributed by atoms with Gasteiger partial charge in [0.1, 0.15) is 0 Å². The maximum absolute atomic E-state index is 11.5. The van der Waals surface area contributed by atoms with Crippen LogP contribution < -0.4 is 0 Å². The van der Waals surface area contributed by atoms with Crippen molar-refractivity contribution in [1.82, 2.24) is 0 Å². The minimum absolute atomic E-state index is 0.263. The highest BCUT2D eigenvalue weighted by Gasteiger charge is 2.53. The second kappa shape index (κ2) is 5.81. The fourth-order valence-corrected chi connectivity index (χ4v) is 5.92. The summed E-state index contributed by atoms with van der Waals surface area (Å²) in [5.41, 5.74) is 0. The van der Waals surface area contributed by atoms with Crippen LogP contribution in [0.25, 0.3) is 0 Å². The molecule has 0 unspecified atom stereocenters. The molecule has 0 saturated heterocycles. The number of hydrogen-bond donors (Lipinski definition) is 0. The molecular weight excluding hydrogens is 224 g/mol. The second-order valence-corrected chi connectivity index (χ2v) is 9.71. The molecular formula is C7H18O5SSi. The van der Waals surface area contributed by atoms with Crippen molar-refractivity contribution in [2.75, 3.05) is 26.1 Å². The number of rotatable bonds is 7. The number of hydrogen-bond acceptors (Lipinski definition) is 5. The SMILES string of the molecule is CCO[Si](OCC)(OCC)S(C)(=O)=O. The summed E-state index contributed by atoms with van der Waals surface area (Å²) in [6.45, 7) is 5.93. The van der Waals surface area contributed by atoms with E-state index in [1.165, 1.54) is 0 Å². The third-order valence-corrected chi connectivity index (χ3v) is 8.04. The Morgan fingerprint density at radius 2 is 1.21 bits per heavy atom. The summed E-state index contributed by atoms with van der Waals surface area (Å²) in [6.07, 6.45) is 1.08. The van der Waals surface area contributed by atoms with Crippen LogP contribution >= 0.6 is 0 Å². The molecule has 7 heteroatoms. The fourth-order valence-electron chi connectivity index (χ4n) is 0.976. The molecule has 0 aliphatic heterocycles. The smallest absolute Gasteiger partial charge is 0.363 e. The molecule has 0 aromatic heterocycles. The molecule has 0 saturated carbocycles. The Hall–Kier alpha value is 0.0469. The molecule has 5 nitrogen and oxygen atoms in total. The van der Waals surface area contributed by atoms with Crippen molar-refractivity contribution in [2.45, 2.75) is 20.8 Å². The van der Waals surface area contributed by atoms with Crippen molar-refractivity contribution < 1.29 is 21.7 Å². The largest absolute Gasteiger partial charge is 0.634 e. The molecule has 0 aliphatic carbocycles. The molecule has 0 N–H and O–H groups in total. The Labute approximate surface area is 86.3 Å². The van der Waals surface area contributed by atoms with Gasteiger partial charge < -0.3 is 13.3 Å². The average Bonchev–Trinajstić information content (AvgIpc) is 2.03. The van der Waals surface area contributed by atoms with Crippen LogP contribution in [-0.2, 0) is 22.6 Å². The topological polar surface area (TPSA) is 61.8 Å². The van der Waals surface area contributed by atoms with Gasteiger partial charge >= 0.3 is 7.95 Å². The van der Waals surface area contributed by atoms with E-state index in [0.29, 0.717) is 0 Å². The van der Waals surface area contributed by atoms with Crippen LogP contribution in [0, 0.1) is 0 Å². The summed E-state index contributed by atoms with van der Waals surface area (Å²) in [7, 11) is -6.97. The van der Waals surface area contributed by atoms with E-state index in [4.69, 9.17) is 13.3 Å². The lowest BCUT2D eigenvalue weighted by Crippen LogP contribution is -2.53. The Balaban J connectivity index is 4.93. The zero-order valence-corrected chi connectivity index (χ0v) is 10.9. The van der Waals surface area contributed by atoms with Crippen molar-refractivity contribution in [1.29, 1.82) is 0 Å². The molecule has 86 valence electrons. The zero-order valence-electron chi connectivity index (χ0n) is 9.07. The first-order valence-electron chi connectivity index (χ1n) is 4.55. The van der Waals surface area contributed by atoms with Gasteiger partial charge in [0.25, 0.3) is 0 Å². The summed E-state index contributed by atoms with van der Waals surface area (Å²) in [6, 6.07) is 0. The average molecular weight is 242 g/mol. The van der Waals surface area contributed by atoms with Gasteiger partial charge in [-0.15, -0.1) is 0 Å². The normalized spacial score (nSPS) is 13.1.